The van der Waals surface area contributed by atoms with Gasteiger partial charge < -0.3 is 9.32 Å². The number of piperidine rings is 1. The molecule has 124 valence electrons. The van der Waals surface area contributed by atoms with Crippen molar-refractivity contribution in [2.24, 2.45) is 5.92 Å². The van der Waals surface area contributed by atoms with E-state index in [9.17, 15) is 0 Å². The van der Waals surface area contributed by atoms with Crippen molar-refractivity contribution in [1.82, 2.24) is 19.9 Å². The van der Waals surface area contributed by atoms with Gasteiger partial charge in [0.1, 0.15) is 6.33 Å². The average Bonchev–Trinajstić information content (AvgIpc) is 2.79. The van der Waals surface area contributed by atoms with Crippen LogP contribution in [0.5, 0.6) is 0 Å². The molecule has 0 aromatic carbocycles. The predicted octanol–water partition coefficient (Wildman–Crippen LogP) is 2.49. The summed E-state index contributed by atoms with van der Waals surface area (Å²) in [4.78, 5) is 18.5. The van der Waals surface area contributed by atoms with Gasteiger partial charge in [-0.25, -0.2) is 9.97 Å². The highest BCUT2D eigenvalue weighted by Crippen LogP contribution is 2.32. The Balaban J connectivity index is 1.67. The van der Waals surface area contributed by atoms with E-state index in [4.69, 9.17) is 4.42 Å². The minimum atomic E-state index is 0.619. The van der Waals surface area contributed by atoms with Crippen LogP contribution in [0.1, 0.15) is 39.0 Å². The Morgan fingerprint density at radius 1 is 1.17 bits per heavy atom. The molecular weight excluding hydrogens is 290 g/mol. The summed E-state index contributed by atoms with van der Waals surface area (Å²) in [5.41, 5.74) is 1.45. The largest absolute Gasteiger partial charge is 0.422 e. The fraction of sp³-hybridized carbons (Fsp3) is 0.706. The van der Waals surface area contributed by atoms with Crippen molar-refractivity contribution in [1.29, 1.82) is 0 Å². The fourth-order valence-corrected chi connectivity index (χ4v) is 4.08. The molecule has 0 aliphatic carbocycles. The third kappa shape index (κ3) is 2.69. The first-order chi connectivity index (χ1) is 11.3. The van der Waals surface area contributed by atoms with Crippen LogP contribution >= 0.6 is 0 Å². The van der Waals surface area contributed by atoms with Crippen molar-refractivity contribution < 1.29 is 4.42 Å². The maximum absolute atomic E-state index is 5.71. The second kappa shape index (κ2) is 6.07. The van der Waals surface area contributed by atoms with Crippen LogP contribution in [-0.2, 0) is 6.42 Å². The Bertz CT molecular complexity index is 685. The molecule has 0 radical (unpaired) electrons. The molecule has 0 spiro atoms. The molecule has 2 atom stereocenters. The maximum Gasteiger partial charge on any atom is 0.252 e. The number of anilines is 1. The summed E-state index contributed by atoms with van der Waals surface area (Å²) in [6, 6.07) is 0.635. The number of oxazole rings is 1. The van der Waals surface area contributed by atoms with Gasteiger partial charge in [-0.3, -0.25) is 4.90 Å². The maximum atomic E-state index is 5.71. The lowest BCUT2D eigenvalue weighted by Crippen LogP contribution is -2.44. The number of nitrogens with zero attached hydrogens (tertiary/aromatic N) is 5. The monoisotopic (exact) mass is 315 g/mol. The van der Waals surface area contributed by atoms with Gasteiger partial charge in [0.25, 0.3) is 5.71 Å². The molecule has 2 aromatic heterocycles. The Labute approximate surface area is 136 Å². The van der Waals surface area contributed by atoms with E-state index in [1.54, 1.807) is 6.33 Å². The first kappa shape index (κ1) is 14.9. The molecule has 0 N–H and O–H groups in total. The summed E-state index contributed by atoms with van der Waals surface area (Å²) in [5.74, 6) is 2.42. The van der Waals surface area contributed by atoms with Crippen LogP contribution in [0.15, 0.2) is 10.7 Å². The van der Waals surface area contributed by atoms with Crippen LogP contribution in [-0.4, -0.2) is 52.1 Å². The van der Waals surface area contributed by atoms with Gasteiger partial charge in [-0.1, -0.05) is 13.8 Å². The zero-order valence-electron chi connectivity index (χ0n) is 14.0. The van der Waals surface area contributed by atoms with Crippen molar-refractivity contribution in [2.45, 2.75) is 45.6 Å². The second-order valence-corrected chi connectivity index (χ2v) is 6.81. The van der Waals surface area contributed by atoms with E-state index in [2.05, 4.69) is 31.7 Å². The first-order valence-electron chi connectivity index (χ1n) is 8.87. The Morgan fingerprint density at radius 2 is 2.09 bits per heavy atom. The van der Waals surface area contributed by atoms with E-state index in [1.807, 2.05) is 6.92 Å². The third-order valence-corrected chi connectivity index (χ3v) is 5.16. The van der Waals surface area contributed by atoms with Crippen LogP contribution in [0, 0.1) is 5.92 Å². The van der Waals surface area contributed by atoms with Crippen molar-refractivity contribution in [3.63, 3.8) is 0 Å². The lowest BCUT2D eigenvalue weighted by molar-refractivity contribution is 0.134. The normalized spacial score (nSPS) is 25.2. The summed E-state index contributed by atoms with van der Waals surface area (Å²) in [6.07, 6.45) is 6.25. The van der Waals surface area contributed by atoms with Crippen LogP contribution < -0.4 is 4.90 Å². The van der Waals surface area contributed by atoms with E-state index in [-0.39, 0.29) is 0 Å². The minimum absolute atomic E-state index is 0.619. The SMILES string of the molecule is CCCN1C[C@@H]2CC[C@H]1CN(c1ncnc3oc(CC)nc13)C2. The number of rotatable bonds is 4. The number of hydrogen-bond donors (Lipinski definition) is 0. The van der Waals surface area contributed by atoms with E-state index in [1.165, 1.54) is 32.4 Å². The van der Waals surface area contributed by atoms with Crippen LogP contribution in [0.4, 0.5) is 5.82 Å². The van der Waals surface area contributed by atoms with E-state index >= 15 is 0 Å². The van der Waals surface area contributed by atoms with Crippen molar-refractivity contribution in [2.75, 3.05) is 31.1 Å². The van der Waals surface area contributed by atoms with Gasteiger partial charge in [-0.15, -0.1) is 0 Å². The number of aryl methyl sites for hydroxylation is 1. The molecule has 0 saturated carbocycles. The molecule has 6 heteroatoms. The zero-order chi connectivity index (χ0) is 15.8. The molecule has 3 aliphatic rings. The first-order valence-corrected chi connectivity index (χ1v) is 8.87. The Morgan fingerprint density at radius 3 is 2.91 bits per heavy atom. The summed E-state index contributed by atoms with van der Waals surface area (Å²) >= 11 is 0. The molecular formula is C17H25N5O. The molecule has 23 heavy (non-hydrogen) atoms. The third-order valence-electron chi connectivity index (χ3n) is 5.16. The zero-order valence-corrected chi connectivity index (χ0v) is 14.0. The fourth-order valence-electron chi connectivity index (χ4n) is 4.08. The molecule has 3 aliphatic heterocycles. The van der Waals surface area contributed by atoms with Gasteiger partial charge in [0, 0.05) is 32.1 Å². The van der Waals surface area contributed by atoms with Gasteiger partial charge in [-0.05, 0) is 31.7 Å². The predicted molar refractivity (Wildman–Crippen MR) is 89.6 cm³/mol. The lowest BCUT2D eigenvalue weighted by atomic mass is 9.95. The molecule has 5 rings (SSSR count). The number of fused-ring (bicyclic) bond motifs is 5. The van der Waals surface area contributed by atoms with Gasteiger partial charge in [0.15, 0.2) is 17.2 Å². The van der Waals surface area contributed by atoms with E-state index in [0.29, 0.717) is 11.8 Å². The van der Waals surface area contributed by atoms with E-state index in [0.717, 1.165) is 42.7 Å². The highest BCUT2D eigenvalue weighted by atomic mass is 16.4. The molecule has 0 unspecified atom stereocenters. The highest BCUT2D eigenvalue weighted by molar-refractivity contribution is 5.81. The number of hydrogen-bond acceptors (Lipinski definition) is 6. The number of aromatic nitrogens is 3. The molecule has 0 amide bonds. The van der Waals surface area contributed by atoms with E-state index < -0.39 is 0 Å². The molecule has 6 nitrogen and oxygen atoms in total. The van der Waals surface area contributed by atoms with Crippen molar-refractivity contribution in [3.05, 3.63) is 12.2 Å². The summed E-state index contributed by atoms with van der Waals surface area (Å²) < 4.78 is 5.71. The molecule has 2 bridgehead atoms. The van der Waals surface area contributed by atoms with Gasteiger partial charge in [0.2, 0.25) is 0 Å². The standard InChI is InChI=1S/C17H25N5O/c1-3-7-21-8-12-5-6-13(21)10-22(9-12)16-15-17(19-11-18-16)23-14(4-2)20-15/h11-13H,3-10H2,1-2H3/t12-,13-/m0/s1. The minimum Gasteiger partial charge on any atom is -0.422 e. The van der Waals surface area contributed by atoms with Crippen LogP contribution in [0.3, 0.4) is 0 Å². The van der Waals surface area contributed by atoms with Crippen LogP contribution in [0.2, 0.25) is 0 Å². The van der Waals surface area contributed by atoms with Crippen LogP contribution in [0.25, 0.3) is 11.2 Å². The molecule has 3 saturated heterocycles. The molecule has 5 heterocycles. The second-order valence-electron chi connectivity index (χ2n) is 6.81. The molecule has 3 fully saturated rings. The quantitative estimate of drug-likeness (QED) is 0.864. The summed E-state index contributed by atoms with van der Waals surface area (Å²) in [7, 11) is 0. The highest BCUT2D eigenvalue weighted by Gasteiger charge is 2.35. The lowest BCUT2D eigenvalue weighted by Gasteiger charge is -2.35. The van der Waals surface area contributed by atoms with Crippen molar-refractivity contribution in [3.8, 4) is 0 Å². The Hall–Kier alpha value is -1.69. The van der Waals surface area contributed by atoms with Gasteiger partial charge >= 0.3 is 0 Å². The van der Waals surface area contributed by atoms with Gasteiger partial charge in [-0.2, -0.15) is 4.98 Å². The topological polar surface area (TPSA) is 58.3 Å². The summed E-state index contributed by atoms with van der Waals surface area (Å²) in [5, 5.41) is 0. The Kier molecular flexibility index (Phi) is 3.93. The summed E-state index contributed by atoms with van der Waals surface area (Å²) in [6.45, 7) is 8.85. The smallest absolute Gasteiger partial charge is 0.252 e. The van der Waals surface area contributed by atoms with Crippen molar-refractivity contribution >= 4 is 17.0 Å². The van der Waals surface area contributed by atoms with Gasteiger partial charge in [0.05, 0.1) is 0 Å². The average molecular weight is 315 g/mol. The molecule has 2 aromatic rings.